The minimum atomic E-state index is -0.353. The van der Waals surface area contributed by atoms with Gasteiger partial charge in [-0.25, -0.2) is 0 Å². The van der Waals surface area contributed by atoms with Crippen LogP contribution < -0.4 is 15.4 Å². The molecule has 0 heterocycles. The molecule has 5 nitrogen and oxygen atoms in total. The highest BCUT2D eigenvalue weighted by Crippen LogP contribution is 2.17. The van der Waals surface area contributed by atoms with Crippen molar-refractivity contribution in [2.75, 3.05) is 13.7 Å². The molecule has 112 valence electrons. The lowest BCUT2D eigenvalue weighted by Crippen LogP contribution is -2.26. The van der Waals surface area contributed by atoms with E-state index in [0.717, 1.165) is 17.7 Å². The van der Waals surface area contributed by atoms with Gasteiger partial charge in [0.2, 0.25) is 0 Å². The average molecular weight is 287 g/mol. The number of amides is 1. The number of carbonyl (C=O) groups excluding carboxylic acids is 1. The summed E-state index contributed by atoms with van der Waals surface area (Å²) in [6.45, 7) is 4.48. The SMILES string of the molecule is CCCNC(=O)/C(C#N)=C\NC(C)c1ccc(OC)cc1. The van der Waals surface area contributed by atoms with E-state index >= 15 is 0 Å². The molecule has 0 bridgehead atoms. The van der Waals surface area contributed by atoms with Crippen molar-refractivity contribution in [3.63, 3.8) is 0 Å². The fourth-order valence-corrected chi connectivity index (χ4v) is 1.68. The van der Waals surface area contributed by atoms with Crippen molar-refractivity contribution >= 4 is 5.91 Å². The van der Waals surface area contributed by atoms with Gasteiger partial charge < -0.3 is 15.4 Å². The standard InChI is InChI=1S/C16H21N3O2/c1-4-9-18-16(20)14(10-17)11-19-12(2)13-5-7-15(21-3)8-6-13/h5-8,11-12,19H,4,9H2,1-3H3,(H,18,20)/b14-11-. The van der Waals surface area contributed by atoms with Gasteiger partial charge in [-0.05, 0) is 31.0 Å². The van der Waals surface area contributed by atoms with E-state index < -0.39 is 0 Å². The number of rotatable bonds is 7. The van der Waals surface area contributed by atoms with Crippen molar-refractivity contribution in [2.24, 2.45) is 0 Å². The van der Waals surface area contributed by atoms with E-state index in [0.29, 0.717) is 6.54 Å². The van der Waals surface area contributed by atoms with Gasteiger partial charge in [0.05, 0.1) is 7.11 Å². The van der Waals surface area contributed by atoms with Gasteiger partial charge in [-0.15, -0.1) is 0 Å². The molecule has 0 aliphatic rings. The largest absolute Gasteiger partial charge is 0.497 e. The molecular weight excluding hydrogens is 266 g/mol. The molecule has 1 aromatic rings. The summed E-state index contributed by atoms with van der Waals surface area (Å²) < 4.78 is 5.11. The zero-order valence-corrected chi connectivity index (χ0v) is 12.6. The molecule has 0 aliphatic heterocycles. The van der Waals surface area contributed by atoms with E-state index in [9.17, 15) is 4.79 Å². The lowest BCUT2D eigenvalue weighted by atomic mass is 10.1. The number of benzene rings is 1. The van der Waals surface area contributed by atoms with Crippen LogP contribution in [0.5, 0.6) is 5.75 Å². The first-order valence-electron chi connectivity index (χ1n) is 6.90. The Morgan fingerprint density at radius 1 is 1.43 bits per heavy atom. The fraction of sp³-hybridized carbons (Fsp3) is 0.375. The van der Waals surface area contributed by atoms with Gasteiger partial charge in [-0.1, -0.05) is 19.1 Å². The Hall–Kier alpha value is -2.48. The molecule has 0 saturated carbocycles. The predicted molar refractivity (Wildman–Crippen MR) is 81.5 cm³/mol. The zero-order chi connectivity index (χ0) is 15.7. The minimum Gasteiger partial charge on any atom is -0.497 e. The maximum atomic E-state index is 11.7. The summed E-state index contributed by atoms with van der Waals surface area (Å²) in [7, 11) is 1.62. The van der Waals surface area contributed by atoms with Crippen LogP contribution in [0.1, 0.15) is 31.9 Å². The Kier molecular flexibility index (Phi) is 6.82. The van der Waals surface area contributed by atoms with Gasteiger partial charge in [0, 0.05) is 18.8 Å². The molecule has 0 saturated heterocycles. The number of methoxy groups -OCH3 is 1. The van der Waals surface area contributed by atoms with Crippen LogP contribution in [-0.2, 0) is 4.79 Å². The molecule has 0 aromatic heterocycles. The number of hydrogen-bond acceptors (Lipinski definition) is 4. The number of hydrogen-bond donors (Lipinski definition) is 2. The third-order valence-electron chi connectivity index (χ3n) is 2.99. The van der Waals surface area contributed by atoms with Crippen molar-refractivity contribution in [2.45, 2.75) is 26.3 Å². The van der Waals surface area contributed by atoms with Crippen LogP contribution in [0, 0.1) is 11.3 Å². The molecule has 1 rings (SSSR count). The monoisotopic (exact) mass is 287 g/mol. The van der Waals surface area contributed by atoms with Crippen molar-refractivity contribution in [3.8, 4) is 11.8 Å². The zero-order valence-electron chi connectivity index (χ0n) is 12.6. The first kappa shape index (κ1) is 16.6. The summed E-state index contributed by atoms with van der Waals surface area (Å²) in [5, 5.41) is 14.7. The molecule has 1 amide bonds. The molecule has 0 aliphatic carbocycles. The van der Waals surface area contributed by atoms with Gasteiger partial charge in [0.15, 0.2) is 0 Å². The molecule has 0 spiro atoms. The van der Waals surface area contributed by atoms with Crippen LogP contribution in [0.4, 0.5) is 0 Å². The Morgan fingerprint density at radius 2 is 2.10 bits per heavy atom. The molecule has 2 N–H and O–H groups in total. The molecule has 21 heavy (non-hydrogen) atoms. The molecule has 0 radical (unpaired) electrons. The minimum absolute atomic E-state index is 0.0155. The first-order valence-corrected chi connectivity index (χ1v) is 6.90. The Morgan fingerprint density at radius 3 is 2.62 bits per heavy atom. The highest BCUT2D eigenvalue weighted by atomic mass is 16.5. The first-order chi connectivity index (χ1) is 10.1. The average Bonchev–Trinajstić information content (AvgIpc) is 2.53. The van der Waals surface area contributed by atoms with E-state index in [4.69, 9.17) is 10.00 Å². The lowest BCUT2D eigenvalue weighted by molar-refractivity contribution is -0.117. The third kappa shape index (κ3) is 5.19. The summed E-state index contributed by atoms with van der Waals surface area (Å²) >= 11 is 0. The smallest absolute Gasteiger partial charge is 0.263 e. The second-order valence-corrected chi connectivity index (χ2v) is 4.59. The second kappa shape index (κ2) is 8.64. The topological polar surface area (TPSA) is 74.2 Å². The number of carbonyl (C=O) groups is 1. The van der Waals surface area contributed by atoms with Crippen LogP contribution in [0.2, 0.25) is 0 Å². The van der Waals surface area contributed by atoms with Crippen LogP contribution in [0.15, 0.2) is 36.0 Å². The number of nitrogens with one attached hydrogen (secondary N) is 2. The Bertz CT molecular complexity index is 529. The summed E-state index contributed by atoms with van der Waals surface area (Å²) in [5.74, 6) is 0.437. The van der Waals surface area contributed by atoms with Crippen LogP contribution >= 0.6 is 0 Å². The normalized spacial score (nSPS) is 12.2. The number of nitrogens with zero attached hydrogens (tertiary/aromatic N) is 1. The molecule has 1 unspecified atom stereocenters. The van der Waals surface area contributed by atoms with Crippen molar-refractivity contribution < 1.29 is 9.53 Å². The highest BCUT2D eigenvalue weighted by Gasteiger charge is 2.09. The van der Waals surface area contributed by atoms with Gasteiger partial charge in [-0.2, -0.15) is 5.26 Å². The molecular formula is C16H21N3O2. The maximum absolute atomic E-state index is 11.7. The van der Waals surface area contributed by atoms with E-state index in [1.165, 1.54) is 6.20 Å². The molecule has 0 fully saturated rings. The summed E-state index contributed by atoms with van der Waals surface area (Å²) in [5.41, 5.74) is 1.11. The number of nitriles is 1. The fourth-order valence-electron chi connectivity index (χ4n) is 1.68. The van der Waals surface area contributed by atoms with Gasteiger partial charge >= 0.3 is 0 Å². The quantitative estimate of drug-likeness (QED) is 0.596. The van der Waals surface area contributed by atoms with E-state index in [1.54, 1.807) is 7.11 Å². The highest BCUT2D eigenvalue weighted by molar-refractivity contribution is 5.97. The van der Waals surface area contributed by atoms with E-state index in [2.05, 4.69) is 10.6 Å². The van der Waals surface area contributed by atoms with Crippen LogP contribution in [-0.4, -0.2) is 19.6 Å². The number of ether oxygens (including phenoxy) is 1. The molecule has 1 aromatic carbocycles. The summed E-state index contributed by atoms with van der Waals surface area (Å²) in [4.78, 5) is 11.7. The van der Waals surface area contributed by atoms with Crippen LogP contribution in [0.3, 0.4) is 0 Å². The maximum Gasteiger partial charge on any atom is 0.263 e. The second-order valence-electron chi connectivity index (χ2n) is 4.59. The summed E-state index contributed by atoms with van der Waals surface area (Å²) in [6, 6.07) is 9.51. The predicted octanol–water partition coefficient (Wildman–Crippen LogP) is 2.28. The third-order valence-corrected chi connectivity index (χ3v) is 2.99. The van der Waals surface area contributed by atoms with Gasteiger partial charge in [0.25, 0.3) is 5.91 Å². The van der Waals surface area contributed by atoms with Crippen molar-refractivity contribution in [1.82, 2.24) is 10.6 Å². The molecule has 5 heteroatoms. The summed E-state index contributed by atoms with van der Waals surface area (Å²) in [6.07, 6.45) is 2.29. The Labute approximate surface area is 125 Å². The van der Waals surface area contributed by atoms with Crippen molar-refractivity contribution in [1.29, 1.82) is 5.26 Å². The Balaban J connectivity index is 2.67. The van der Waals surface area contributed by atoms with Gasteiger partial charge in [-0.3, -0.25) is 4.79 Å². The lowest BCUT2D eigenvalue weighted by Gasteiger charge is -2.13. The molecule has 1 atom stereocenters. The van der Waals surface area contributed by atoms with Crippen LogP contribution in [0.25, 0.3) is 0 Å². The van der Waals surface area contributed by atoms with E-state index in [1.807, 2.05) is 44.2 Å². The van der Waals surface area contributed by atoms with Gasteiger partial charge in [0.1, 0.15) is 17.4 Å². The van der Waals surface area contributed by atoms with Crippen molar-refractivity contribution in [3.05, 3.63) is 41.6 Å². The van der Waals surface area contributed by atoms with E-state index in [-0.39, 0.29) is 17.5 Å².